The fourth-order valence-electron chi connectivity index (χ4n) is 3.58. The number of nitro groups is 1. The largest absolute Gasteiger partial charge is 0.290 e. The third-order valence-electron chi connectivity index (χ3n) is 5.13. The Morgan fingerprint density at radius 2 is 1.62 bits per heavy atom. The number of fused-ring (bicyclic) bond motifs is 1. The summed E-state index contributed by atoms with van der Waals surface area (Å²) in [6, 6.07) is 24.0. The summed E-state index contributed by atoms with van der Waals surface area (Å²) in [5.74, 6) is 0.890. The zero-order valence-corrected chi connectivity index (χ0v) is 16.0. The lowest BCUT2D eigenvalue weighted by Gasteiger charge is -2.03. The Morgan fingerprint density at radius 3 is 2.31 bits per heavy atom. The Labute approximate surface area is 167 Å². The second-order valence-electron chi connectivity index (χ2n) is 6.92. The van der Waals surface area contributed by atoms with Crippen molar-refractivity contribution in [2.45, 2.75) is 20.0 Å². The van der Waals surface area contributed by atoms with Crippen LogP contribution >= 0.6 is 0 Å². The van der Waals surface area contributed by atoms with Gasteiger partial charge in [-0.2, -0.15) is 0 Å². The zero-order valence-electron chi connectivity index (χ0n) is 16.0. The minimum absolute atomic E-state index is 0.0233. The standard InChI is InChI=1S/C23H20N3O3/c1-17-24(15-18-7-3-2-4-8-18)21-9-5-6-10-22(21)25(17)16-23(27)19-11-13-20(14-12-19)26(28)29/h2-14H,15-16H2,1H3/q+1. The van der Waals surface area contributed by atoms with Crippen LogP contribution in [-0.2, 0) is 13.1 Å². The molecule has 0 spiro atoms. The quantitative estimate of drug-likeness (QED) is 0.217. The number of carbonyl (C=O) groups excluding carboxylic acids is 1. The second-order valence-corrected chi connectivity index (χ2v) is 6.92. The number of nitrogens with zero attached hydrogens (tertiary/aromatic N) is 3. The van der Waals surface area contributed by atoms with E-state index in [2.05, 4.69) is 22.8 Å². The molecule has 3 aromatic carbocycles. The summed E-state index contributed by atoms with van der Waals surface area (Å²) < 4.78 is 4.20. The van der Waals surface area contributed by atoms with Gasteiger partial charge in [-0.1, -0.05) is 42.5 Å². The van der Waals surface area contributed by atoms with E-state index in [1.165, 1.54) is 29.8 Å². The summed E-state index contributed by atoms with van der Waals surface area (Å²) >= 11 is 0. The van der Waals surface area contributed by atoms with E-state index >= 15 is 0 Å². The molecule has 0 bridgehead atoms. The molecule has 4 rings (SSSR count). The van der Waals surface area contributed by atoms with Gasteiger partial charge in [0.15, 0.2) is 17.6 Å². The van der Waals surface area contributed by atoms with Gasteiger partial charge >= 0.3 is 0 Å². The molecule has 0 unspecified atom stereocenters. The maximum Gasteiger partial charge on any atom is 0.269 e. The minimum atomic E-state index is -0.468. The number of ketones is 1. The summed E-state index contributed by atoms with van der Waals surface area (Å²) in [6.45, 7) is 2.89. The van der Waals surface area contributed by atoms with Gasteiger partial charge in [-0.3, -0.25) is 14.9 Å². The van der Waals surface area contributed by atoms with E-state index < -0.39 is 4.92 Å². The minimum Gasteiger partial charge on any atom is -0.290 e. The predicted molar refractivity (Wildman–Crippen MR) is 110 cm³/mol. The van der Waals surface area contributed by atoms with Crippen LogP contribution in [0, 0.1) is 17.0 Å². The maximum atomic E-state index is 12.9. The maximum absolute atomic E-state index is 12.9. The zero-order chi connectivity index (χ0) is 20.4. The summed E-state index contributed by atoms with van der Waals surface area (Å²) in [7, 11) is 0. The highest BCUT2D eigenvalue weighted by molar-refractivity contribution is 5.96. The Balaban J connectivity index is 1.69. The molecule has 0 fully saturated rings. The van der Waals surface area contributed by atoms with Crippen LogP contribution in [0.2, 0.25) is 0 Å². The Hall–Kier alpha value is -3.80. The van der Waals surface area contributed by atoms with Crippen molar-refractivity contribution in [1.82, 2.24) is 4.57 Å². The summed E-state index contributed by atoms with van der Waals surface area (Å²) in [6.07, 6.45) is 0. The van der Waals surface area contributed by atoms with Crippen LogP contribution in [-0.4, -0.2) is 15.3 Å². The number of nitro benzene ring substituents is 1. The molecular weight excluding hydrogens is 366 g/mol. The first-order valence-electron chi connectivity index (χ1n) is 9.34. The van der Waals surface area contributed by atoms with Crippen LogP contribution in [0.3, 0.4) is 0 Å². The van der Waals surface area contributed by atoms with Gasteiger partial charge in [0.2, 0.25) is 5.78 Å². The molecule has 0 amide bonds. The molecule has 144 valence electrons. The van der Waals surface area contributed by atoms with Crippen molar-refractivity contribution in [3.05, 3.63) is 106 Å². The van der Waals surface area contributed by atoms with Crippen molar-refractivity contribution in [1.29, 1.82) is 0 Å². The lowest BCUT2D eigenvalue weighted by Crippen LogP contribution is -2.37. The molecule has 0 aliphatic heterocycles. The van der Waals surface area contributed by atoms with Crippen LogP contribution in [0.4, 0.5) is 5.69 Å². The first kappa shape index (κ1) is 18.6. The van der Waals surface area contributed by atoms with Crippen LogP contribution in [0.1, 0.15) is 21.7 Å². The molecule has 6 heteroatoms. The fraction of sp³-hybridized carbons (Fsp3) is 0.130. The number of carbonyl (C=O) groups is 1. The highest BCUT2D eigenvalue weighted by Gasteiger charge is 2.24. The van der Waals surface area contributed by atoms with Crippen molar-refractivity contribution in [3.8, 4) is 0 Å². The van der Waals surface area contributed by atoms with Gasteiger partial charge in [0, 0.05) is 24.6 Å². The van der Waals surface area contributed by atoms with Gasteiger partial charge in [-0.15, -0.1) is 0 Å². The SMILES string of the molecule is Cc1n(CC(=O)c2ccc([N+](=O)[O-])cc2)c2ccccc2[n+]1Cc1ccccc1. The average molecular weight is 386 g/mol. The van der Waals surface area contributed by atoms with Gasteiger partial charge in [0.05, 0.1) is 4.92 Å². The summed E-state index contributed by atoms with van der Waals surface area (Å²) in [4.78, 5) is 23.2. The van der Waals surface area contributed by atoms with E-state index in [1.54, 1.807) is 0 Å². The summed E-state index contributed by atoms with van der Waals surface area (Å²) in [5.41, 5.74) is 3.67. The van der Waals surface area contributed by atoms with Gasteiger partial charge in [0.25, 0.3) is 11.5 Å². The first-order chi connectivity index (χ1) is 14.0. The number of hydrogen-bond acceptors (Lipinski definition) is 3. The number of Topliss-reactive ketones (excluding diaryl/α,β-unsaturated/α-hetero) is 1. The molecule has 1 heterocycles. The predicted octanol–water partition coefficient (Wildman–Crippen LogP) is 4.08. The van der Waals surface area contributed by atoms with Crippen molar-refractivity contribution in [2.24, 2.45) is 0 Å². The number of para-hydroxylation sites is 2. The molecule has 0 radical (unpaired) electrons. The second kappa shape index (κ2) is 7.67. The number of benzene rings is 3. The molecule has 4 aromatic rings. The fourth-order valence-corrected chi connectivity index (χ4v) is 3.58. The Kier molecular flexibility index (Phi) is 4.91. The molecule has 0 saturated carbocycles. The number of aromatic nitrogens is 2. The highest BCUT2D eigenvalue weighted by Crippen LogP contribution is 2.18. The number of non-ortho nitro benzene ring substituents is 1. The molecule has 1 aromatic heterocycles. The molecular formula is C23H20N3O3+. The normalized spacial score (nSPS) is 10.9. The lowest BCUT2D eigenvalue weighted by atomic mass is 10.1. The van der Waals surface area contributed by atoms with E-state index in [1.807, 2.05) is 47.9 Å². The van der Waals surface area contributed by atoms with Gasteiger partial charge in [-0.25, -0.2) is 9.13 Å². The third-order valence-corrected chi connectivity index (χ3v) is 5.13. The average Bonchev–Trinajstić information content (AvgIpc) is 3.00. The molecule has 0 saturated heterocycles. The molecule has 6 nitrogen and oxygen atoms in total. The third kappa shape index (κ3) is 3.65. The Bertz CT molecular complexity index is 1200. The van der Waals surface area contributed by atoms with Crippen molar-refractivity contribution in [3.63, 3.8) is 0 Å². The monoisotopic (exact) mass is 386 g/mol. The molecule has 0 aliphatic rings. The van der Waals surface area contributed by atoms with Crippen LogP contribution < -0.4 is 4.57 Å². The van der Waals surface area contributed by atoms with Crippen molar-refractivity contribution in [2.75, 3.05) is 0 Å². The van der Waals surface area contributed by atoms with Crippen LogP contribution in [0.5, 0.6) is 0 Å². The van der Waals surface area contributed by atoms with E-state index in [4.69, 9.17) is 0 Å². The molecule has 0 atom stereocenters. The topological polar surface area (TPSA) is 69.0 Å². The van der Waals surface area contributed by atoms with E-state index in [0.717, 1.165) is 16.9 Å². The molecule has 0 aliphatic carbocycles. The summed E-state index contributed by atoms with van der Waals surface area (Å²) in [5, 5.41) is 10.8. The van der Waals surface area contributed by atoms with Crippen LogP contribution in [0.25, 0.3) is 11.0 Å². The van der Waals surface area contributed by atoms with Crippen molar-refractivity contribution >= 4 is 22.5 Å². The highest BCUT2D eigenvalue weighted by atomic mass is 16.6. The number of rotatable bonds is 6. The van der Waals surface area contributed by atoms with E-state index in [-0.39, 0.29) is 18.0 Å². The lowest BCUT2D eigenvalue weighted by molar-refractivity contribution is -0.669. The van der Waals surface area contributed by atoms with Gasteiger partial charge < -0.3 is 0 Å². The molecule has 29 heavy (non-hydrogen) atoms. The molecule has 0 N–H and O–H groups in total. The smallest absolute Gasteiger partial charge is 0.269 e. The van der Waals surface area contributed by atoms with Crippen molar-refractivity contribution < 1.29 is 14.3 Å². The Morgan fingerprint density at radius 1 is 0.966 bits per heavy atom. The van der Waals surface area contributed by atoms with E-state index in [0.29, 0.717) is 12.1 Å². The first-order valence-corrected chi connectivity index (χ1v) is 9.34. The number of hydrogen-bond donors (Lipinski definition) is 0. The number of imidazole rings is 1. The van der Waals surface area contributed by atoms with E-state index in [9.17, 15) is 14.9 Å². The van der Waals surface area contributed by atoms with Gasteiger partial charge in [0.1, 0.15) is 6.54 Å². The van der Waals surface area contributed by atoms with Crippen LogP contribution in [0.15, 0.2) is 78.9 Å². The van der Waals surface area contributed by atoms with Gasteiger partial charge in [-0.05, 0) is 29.8 Å².